The standard InChI is InChI=1S/C22H24Br2N2O2/c1-15(2)5-4-6-16(3)11-12-25-26-21(27)14-28-20-10-7-17-13-18(23)8-9-19(17)22(20)24/h5,7-13H,4,6,14H2,1-3H3,(H,26,27)/b16-11+,25-12+. The van der Waals surface area contributed by atoms with E-state index in [0.29, 0.717) is 5.75 Å². The molecule has 0 aliphatic rings. The van der Waals surface area contributed by atoms with Gasteiger partial charge in [-0.2, -0.15) is 5.10 Å². The molecule has 0 saturated carbocycles. The van der Waals surface area contributed by atoms with Gasteiger partial charge >= 0.3 is 0 Å². The number of carbonyl (C=O) groups excluding carboxylic acids is 1. The highest BCUT2D eigenvalue weighted by Gasteiger charge is 2.08. The maximum atomic E-state index is 11.9. The minimum atomic E-state index is -0.311. The molecule has 0 saturated heterocycles. The molecule has 0 aromatic heterocycles. The van der Waals surface area contributed by atoms with Gasteiger partial charge in [-0.3, -0.25) is 4.79 Å². The molecule has 148 valence electrons. The van der Waals surface area contributed by atoms with E-state index in [1.54, 1.807) is 6.21 Å². The topological polar surface area (TPSA) is 50.7 Å². The molecule has 1 amide bonds. The van der Waals surface area contributed by atoms with Crippen LogP contribution in [0.2, 0.25) is 0 Å². The Balaban J connectivity index is 1.84. The zero-order valence-corrected chi connectivity index (χ0v) is 19.4. The highest BCUT2D eigenvalue weighted by Crippen LogP contribution is 2.34. The molecule has 0 spiro atoms. The van der Waals surface area contributed by atoms with Crippen molar-refractivity contribution in [1.29, 1.82) is 0 Å². The highest BCUT2D eigenvalue weighted by atomic mass is 79.9. The van der Waals surface area contributed by atoms with Gasteiger partial charge in [-0.15, -0.1) is 0 Å². The fourth-order valence-electron chi connectivity index (χ4n) is 2.48. The summed E-state index contributed by atoms with van der Waals surface area (Å²) >= 11 is 7.01. The van der Waals surface area contributed by atoms with Crippen LogP contribution in [0.15, 0.2) is 67.7 Å². The van der Waals surface area contributed by atoms with Crippen molar-refractivity contribution < 1.29 is 9.53 Å². The predicted molar refractivity (Wildman–Crippen MR) is 124 cm³/mol. The van der Waals surface area contributed by atoms with Crippen molar-refractivity contribution in [2.45, 2.75) is 33.6 Å². The van der Waals surface area contributed by atoms with Gasteiger partial charge in [0.2, 0.25) is 0 Å². The number of hydrogen-bond acceptors (Lipinski definition) is 3. The Morgan fingerprint density at radius 2 is 1.96 bits per heavy atom. The molecular weight excluding hydrogens is 484 g/mol. The second-order valence-corrected chi connectivity index (χ2v) is 8.39. The molecule has 0 unspecified atom stereocenters. The zero-order chi connectivity index (χ0) is 20.5. The second kappa shape index (κ2) is 11.2. The number of nitrogens with zero attached hydrogens (tertiary/aromatic N) is 1. The molecule has 0 radical (unpaired) electrons. The van der Waals surface area contributed by atoms with Crippen LogP contribution in [0.3, 0.4) is 0 Å². The monoisotopic (exact) mass is 506 g/mol. The number of ether oxygens (including phenoxy) is 1. The number of hydrazone groups is 1. The van der Waals surface area contributed by atoms with Crippen molar-refractivity contribution in [2.24, 2.45) is 5.10 Å². The first-order chi connectivity index (χ1) is 13.4. The quantitative estimate of drug-likeness (QED) is 0.250. The van der Waals surface area contributed by atoms with Crippen LogP contribution in [0.4, 0.5) is 0 Å². The van der Waals surface area contributed by atoms with E-state index in [1.165, 1.54) is 11.1 Å². The number of amides is 1. The Bertz CT molecular complexity index is 930. The number of halogens is 2. The highest BCUT2D eigenvalue weighted by molar-refractivity contribution is 9.11. The molecule has 2 aromatic carbocycles. The summed E-state index contributed by atoms with van der Waals surface area (Å²) in [5.41, 5.74) is 5.00. The molecule has 4 nitrogen and oxygen atoms in total. The fraction of sp³-hybridized carbons (Fsp3) is 0.273. The van der Waals surface area contributed by atoms with Crippen LogP contribution < -0.4 is 10.2 Å². The summed E-state index contributed by atoms with van der Waals surface area (Å²) in [6.45, 7) is 6.12. The van der Waals surface area contributed by atoms with E-state index in [1.807, 2.05) is 43.3 Å². The van der Waals surface area contributed by atoms with Gasteiger partial charge in [0.25, 0.3) is 5.91 Å². The molecule has 0 heterocycles. The number of benzene rings is 2. The Hall–Kier alpha value is -1.92. The third kappa shape index (κ3) is 7.24. The van der Waals surface area contributed by atoms with Gasteiger partial charge in [-0.1, -0.05) is 45.3 Å². The summed E-state index contributed by atoms with van der Waals surface area (Å²) in [6, 6.07) is 9.79. The van der Waals surface area contributed by atoms with Crippen LogP contribution in [0.5, 0.6) is 5.75 Å². The first-order valence-corrected chi connectivity index (χ1v) is 10.6. The van der Waals surface area contributed by atoms with Crippen LogP contribution in [-0.2, 0) is 4.79 Å². The van der Waals surface area contributed by atoms with Crippen molar-refractivity contribution in [1.82, 2.24) is 5.43 Å². The second-order valence-electron chi connectivity index (χ2n) is 6.68. The predicted octanol–water partition coefficient (Wildman–Crippen LogP) is 6.54. The van der Waals surface area contributed by atoms with Crippen LogP contribution in [0.25, 0.3) is 10.8 Å². The lowest BCUT2D eigenvalue weighted by molar-refractivity contribution is -0.123. The van der Waals surface area contributed by atoms with Gasteiger partial charge in [-0.25, -0.2) is 5.43 Å². The fourth-order valence-corrected chi connectivity index (χ4v) is 3.46. The number of rotatable bonds is 8. The van der Waals surface area contributed by atoms with E-state index in [9.17, 15) is 4.79 Å². The van der Waals surface area contributed by atoms with Gasteiger partial charge in [0.1, 0.15) is 5.75 Å². The van der Waals surface area contributed by atoms with Crippen LogP contribution >= 0.6 is 31.9 Å². The SMILES string of the molecule is CC(C)=CCC/C(C)=C/C=N/NC(=O)COc1ccc2cc(Br)ccc2c1Br. The van der Waals surface area contributed by atoms with Crippen molar-refractivity contribution in [3.05, 3.63) is 62.6 Å². The maximum Gasteiger partial charge on any atom is 0.277 e. The van der Waals surface area contributed by atoms with Crippen molar-refractivity contribution in [3.8, 4) is 5.75 Å². The number of carbonyl (C=O) groups is 1. The van der Waals surface area contributed by atoms with Crippen molar-refractivity contribution in [2.75, 3.05) is 6.61 Å². The van der Waals surface area contributed by atoms with Gasteiger partial charge in [0.05, 0.1) is 4.47 Å². The lowest BCUT2D eigenvalue weighted by atomic mass is 10.1. The summed E-state index contributed by atoms with van der Waals surface area (Å²) in [7, 11) is 0. The molecule has 0 fully saturated rings. The molecule has 1 N–H and O–H groups in total. The molecular formula is C22H24Br2N2O2. The van der Waals surface area contributed by atoms with Gasteiger partial charge in [-0.05, 0) is 84.6 Å². The maximum absolute atomic E-state index is 11.9. The zero-order valence-electron chi connectivity index (χ0n) is 16.3. The van der Waals surface area contributed by atoms with Crippen LogP contribution in [0.1, 0.15) is 33.6 Å². The summed E-state index contributed by atoms with van der Waals surface area (Å²) in [4.78, 5) is 11.9. The van der Waals surface area contributed by atoms with Crippen molar-refractivity contribution in [3.63, 3.8) is 0 Å². The number of fused-ring (bicyclic) bond motifs is 1. The molecule has 2 aromatic rings. The van der Waals surface area contributed by atoms with Crippen molar-refractivity contribution >= 4 is 54.8 Å². The first kappa shape index (κ1) is 22.4. The Morgan fingerprint density at radius 1 is 1.18 bits per heavy atom. The van der Waals surface area contributed by atoms with Gasteiger partial charge in [0.15, 0.2) is 6.61 Å². The Morgan fingerprint density at radius 3 is 2.71 bits per heavy atom. The summed E-state index contributed by atoms with van der Waals surface area (Å²) in [6.07, 6.45) is 7.69. The molecule has 0 bridgehead atoms. The Kier molecular flexibility index (Phi) is 8.93. The summed E-state index contributed by atoms with van der Waals surface area (Å²) in [5.74, 6) is 0.304. The lowest BCUT2D eigenvalue weighted by Crippen LogP contribution is -2.24. The smallest absolute Gasteiger partial charge is 0.277 e. The summed E-state index contributed by atoms with van der Waals surface area (Å²) in [5, 5.41) is 6.03. The number of nitrogens with one attached hydrogen (secondary N) is 1. The normalized spacial score (nSPS) is 11.7. The van der Waals surface area contributed by atoms with Gasteiger partial charge < -0.3 is 4.74 Å². The van der Waals surface area contributed by atoms with E-state index in [-0.39, 0.29) is 12.5 Å². The van der Waals surface area contributed by atoms with E-state index in [2.05, 4.69) is 62.3 Å². The van der Waals surface area contributed by atoms with Crippen LogP contribution in [-0.4, -0.2) is 18.7 Å². The van der Waals surface area contributed by atoms with E-state index in [4.69, 9.17) is 4.74 Å². The third-order valence-corrected chi connectivity index (χ3v) is 5.26. The van der Waals surface area contributed by atoms with E-state index < -0.39 is 0 Å². The molecule has 6 heteroatoms. The third-order valence-electron chi connectivity index (χ3n) is 3.95. The average molecular weight is 508 g/mol. The molecule has 0 aliphatic carbocycles. The first-order valence-electron chi connectivity index (χ1n) is 8.98. The van der Waals surface area contributed by atoms with E-state index in [0.717, 1.165) is 32.6 Å². The largest absolute Gasteiger partial charge is 0.483 e. The lowest BCUT2D eigenvalue weighted by Gasteiger charge is -2.10. The van der Waals surface area contributed by atoms with Crippen LogP contribution in [0, 0.1) is 0 Å². The molecule has 0 atom stereocenters. The molecule has 28 heavy (non-hydrogen) atoms. The van der Waals surface area contributed by atoms with Gasteiger partial charge in [0, 0.05) is 10.7 Å². The summed E-state index contributed by atoms with van der Waals surface area (Å²) < 4.78 is 7.46. The number of hydrogen-bond donors (Lipinski definition) is 1. The molecule has 2 rings (SSSR count). The average Bonchev–Trinajstić information content (AvgIpc) is 2.64. The number of allylic oxidation sites excluding steroid dienone is 4. The van der Waals surface area contributed by atoms with E-state index >= 15 is 0 Å². The Labute approximate surface area is 183 Å². The minimum absolute atomic E-state index is 0.110. The molecule has 0 aliphatic heterocycles. The minimum Gasteiger partial charge on any atom is -0.483 e.